The van der Waals surface area contributed by atoms with Gasteiger partial charge in [0, 0.05) is 38.2 Å². The highest BCUT2D eigenvalue weighted by Crippen LogP contribution is 2.62. The van der Waals surface area contributed by atoms with E-state index in [1.54, 1.807) is 18.0 Å². The first-order valence-electron chi connectivity index (χ1n) is 19.5. The topological polar surface area (TPSA) is 119 Å². The lowest BCUT2D eigenvalue weighted by Gasteiger charge is -2.59. The zero-order chi connectivity index (χ0) is 39.0. The fourth-order valence-electron chi connectivity index (χ4n) is 8.73. The zero-order valence-corrected chi connectivity index (χ0v) is 32.6. The predicted molar refractivity (Wildman–Crippen MR) is 212 cm³/mol. The average molecular weight is 753 g/mol. The Morgan fingerprint density at radius 1 is 0.982 bits per heavy atom. The lowest BCUT2D eigenvalue weighted by Crippen LogP contribution is -2.69. The largest absolute Gasteiger partial charge is 0.459 e. The van der Waals surface area contributed by atoms with Gasteiger partial charge in [0.05, 0.1) is 25.3 Å². The average Bonchev–Trinajstić information content (AvgIpc) is 3.20. The number of unbranched alkanes of at least 4 members (excludes halogenated alkanes) is 2. The number of amides is 1. The molecule has 1 aliphatic heterocycles. The highest BCUT2D eigenvalue weighted by atomic mass is 16.7. The number of hydrogen-bond donors (Lipinski definition) is 2. The molecule has 0 spiro atoms. The van der Waals surface area contributed by atoms with E-state index in [4.69, 9.17) is 28.9 Å². The number of carbonyl (C=O) groups is 1. The van der Waals surface area contributed by atoms with Crippen LogP contribution in [0, 0.1) is 31.6 Å². The van der Waals surface area contributed by atoms with Crippen LogP contribution in [0.2, 0.25) is 0 Å². The summed E-state index contributed by atoms with van der Waals surface area (Å²) < 4.78 is 25.9. The van der Waals surface area contributed by atoms with E-state index in [0.29, 0.717) is 24.3 Å². The molecule has 1 amide bonds. The van der Waals surface area contributed by atoms with Gasteiger partial charge in [-0.2, -0.15) is 0 Å². The highest BCUT2D eigenvalue weighted by Gasteiger charge is 2.65. The van der Waals surface area contributed by atoms with Crippen molar-refractivity contribution in [1.82, 2.24) is 4.90 Å². The van der Waals surface area contributed by atoms with Crippen LogP contribution in [0.15, 0.2) is 96.2 Å². The second kappa shape index (κ2) is 18.3. The van der Waals surface area contributed by atoms with Gasteiger partial charge in [0.25, 0.3) is 0 Å². The van der Waals surface area contributed by atoms with E-state index in [9.17, 15) is 15.0 Å². The smallest absolute Gasteiger partial charge is 0.409 e. The maximum atomic E-state index is 13.4. The monoisotopic (exact) mass is 752 g/mol. The van der Waals surface area contributed by atoms with Crippen molar-refractivity contribution in [2.24, 2.45) is 22.9 Å². The van der Waals surface area contributed by atoms with Crippen molar-refractivity contribution in [2.45, 2.75) is 83.1 Å². The molecule has 0 radical (unpaired) electrons. The maximum absolute atomic E-state index is 13.4. The number of ether oxygens (including phenoxy) is 4. The van der Waals surface area contributed by atoms with Gasteiger partial charge in [0.15, 0.2) is 0 Å². The molecule has 0 bridgehead atoms. The van der Waals surface area contributed by atoms with Crippen LogP contribution in [0.3, 0.4) is 0 Å². The number of likely N-dealkylation sites (N-methyl/N-ethyl adjacent to an activating group) is 1. The van der Waals surface area contributed by atoms with E-state index < -0.39 is 23.8 Å². The molecular formula is C45H56N2O8. The molecule has 2 N–H and O–H groups in total. The third-order valence-electron chi connectivity index (χ3n) is 11.5. The van der Waals surface area contributed by atoms with Gasteiger partial charge in [-0.1, -0.05) is 66.5 Å². The quantitative estimate of drug-likeness (QED) is 0.0800. The first kappa shape index (κ1) is 40.0. The summed E-state index contributed by atoms with van der Waals surface area (Å²) in [5, 5.41) is 24.5. The van der Waals surface area contributed by atoms with Crippen molar-refractivity contribution >= 4 is 11.8 Å². The van der Waals surface area contributed by atoms with Crippen LogP contribution in [0.4, 0.5) is 4.79 Å². The fraction of sp³-hybridized carbons (Fsp3) is 0.467. The van der Waals surface area contributed by atoms with Gasteiger partial charge < -0.3 is 38.9 Å². The summed E-state index contributed by atoms with van der Waals surface area (Å²) in [4.78, 5) is 21.1. The third-order valence-corrected chi connectivity index (χ3v) is 11.5. The lowest BCUT2D eigenvalue weighted by molar-refractivity contribution is -0.253. The number of oxime groups is 1. The highest BCUT2D eigenvalue weighted by molar-refractivity contribution is 6.02. The van der Waals surface area contributed by atoms with Crippen molar-refractivity contribution in [1.29, 1.82) is 0 Å². The van der Waals surface area contributed by atoms with Crippen LogP contribution in [0.5, 0.6) is 17.2 Å². The molecule has 6 unspecified atom stereocenters. The number of benzene rings is 3. The Hall–Kier alpha value is -4.64. The van der Waals surface area contributed by atoms with Gasteiger partial charge in [-0.3, -0.25) is 0 Å². The van der Waals surface area contributed by atoms with Crippen LogP contribution in [0.25, 0.3) is 0 Å². The van der Waals surface area contributed by atoms with Crippen LogP contribution in [-0.4, -0.2) is 72.7 Å². The summed E-state index contributed by atoms with van der Waals surface area (Å²) >= 11 is 0. The second-order valence-corrected chi connectivity index (χ2v) is 15.0. The minimum absolute atomic E-state index is 0.0962. The summed E-state index contributed by atoms with van der Waals surface area (Å²) in [6, 6.07) is 21.3. The summed E-state index contributed by atoms with van der Waals surface area (Å²) in [6.07, 6.45) is 8.54. The number of nitrogens with zero attached hydrogens (tertiary/aromatic N) is 2. The molecule has 0 saturated heterocycles. The number of allylic oxidation sites excluding steroid dienone is 1. The van der Waals surface area contributed by atoms with Gasteiger partial charge in [-0.25, -0.2) is 4.79 Å². The minimum Gasteiger partial charge on any atom is -0.459 e. The molecule has 3 aromatic rings. The number of aryl methyl sites for hydroxylation is 2. The van der Waals surface area contributed by atoms with Crippen molar-refractivity contribution in [3.8, 4) is 17.2 Å². The Morgan fingerprint density at radius 2 is 1.71 bits per heavy atom. The number of methoxy groups -OCH3 is 1. The molecule has 1 fully saturated rings. The van der Waals surface area contributed by atoms with Crippen molar-refractivity contribution in [3.05, 3.63) is 113 Å². The molecule has 0 aromatic heterocycles. The number of aliphatic hydroxyl groups is 2. The lowest BCUT2D eigenvalue weighted by atomic mass is 9.55. The van der Waals surface area contributed by atoms with E-state index in [-0.39, 0.29) is 50.6 Å². The van der Waals surface area contributed by atoms with E-state index in [2.05, 4.69) is 38.6 Å². The third kappa shape index (κ3) is 8.62. The number of rotatable bonds is 17. The molecule has 10 heteroatoms. The molecule has 6 atom stereocenters. The van der Waals surface area contributed by atoms with E-state index in [0.717, 1.165) is 59.4 Å². The molecule has 55 heavy (non-hydrogen) atoms. The van der Waals surface area contributed by atoms with Crippen LogP contribution >= 0.6 is 0 Å². The number of aliphatic hydroxyl groups excluding tert-OH is 2. The Labute approximate surface area is 325 Å². The molecule has 1 heterocycles. The fourth-order valence-corrected chi connectivity index (χ4v) is 8.73. The maximum Gasteiger partial charge on any atom is 0.409 e. The molecular weight excluding hydrogens is 697 g/mol. The predicted octanol–water partition coefficient (Wildman–Crippen LogP) is 8.63. The van der Waals surface area contributed by atoms with Crippen LogP contribution in [0.1, 0.15) is 73.1 Å². The molecule has 2 aliphatic carbocycles. The van der Waals surface area contributed by atoms with Gasteiger partial charge in [-0.15, -0.1) is 6.58 Å². The Kier molecular flexibility index (Phi) is 13.3. The molecule has 10 nitrogen and oxygen atoms in total. The molecule has 1 saturated carbocycles. The Bertz CT molecular complexity index is 1840. The molecule has 294 valence electrons. The van der Waals surface area contributed by atoms with Crippen molar-refractivity contribution in [3.63, 3.8) is 0 Å². The SMILES string of the molecule is C=CCOC12Oc3ccc(Oc4ccc(C)c(C)c4)cc3C3C(CCCCO)C(CCCCO)C=C(C(=NOCc4ccccc4)CC1N(C)C(=O)OC)C32. The van der Waals surface area contributed by atoms with Crippen molar-refractivity contribution in [2.75, 3.05) is 34.0 Å². The normalized spacial score (nSPS) is 24.5. The molecule has 3 aliphatic rings. The number of fused-ring (bicyclic) bond motifs is 2. The van der Waals surface area contributed by atoms with Crippen molar-refractivity contribution < 1.29 is 38.8 Å². The van der Waals surface area contributed by atoms with Crippen LogP contribution < -0.4 is 9.47 Å². The zero-order valence-electron chi connectivity index (χ0n) is 32.6. The first-order valence-corrected chi connectivity index (χ1v) is 19.5. The van der Waals surface area contributed by atoms with E-state index in [1.807, 2.05) is 54.6 Å². The summed E-state index contributed by atoms with van der Waals surface area (Å²) in [6.45, 7) is 8.83. The van der Waals surface area contributed by atoms with E-state index in [1.165, 1.54) is 12.7 Å². The summed E-state index contributed by atoms with van der Waals surface area (Å²) in [7, 11) is 3.08. The van der Waals surface area contributed by atoms with Gasteiger partial charge in [0.2, 0.25) is 5.79 Å². The Morgan fingerprint density at radius 3 is 2.42 bits per heavy atom. The van der Waals surface area contributed by atoms with Crippen LogP contribution in [-0.2, 0) is 20.9 Å². The number of carbonyl (C=O) groups excluding carboxylic acids is 1. The second-order valence-electron chi connectivity index (χ2n) is 15.0. The van der Waals surface area contributed by atoms with E-state index >= 15 is 0 Å². The Balaban J connectivity index is 1.55. The minimum atomic E-state index is -1.35. The number of hydrogen-bond acceptors (Lipinski definition) is 9. The standard InChI is InChI=1S/C45H56N2O8/c1-6-24-52-45-41(47(4)44(50)51-5)28-39(46-53-29-32-14-8-7-9-15-32)37-26-33(16-10-12-22-48)36(17-11-13-23-49)42(43(37)45)38-27-35(20-21-40(38)55-45)54-34-19-18-30(2)31(3)25-34/h6-9,14-15,18-21,25-27,33,36,41-43,48-49H,1,10-13,16-17,22-24,28-29H2,2-5H3. The van der Waals surface area contributed by atoms with Gasteiger partial charge in [-0.05, 0) is 104 Å². The first-order chi connectivity index (χ1) is 26.7. The van der Waals surface area contributed by atoms with Gasteiger partial charge in [0.1, 0.15) is 29.9 Å². The molecule has 3 aromatic carbocycles. The van der Waals surface area contributed by atoms with Gasteiger partial charge >= 0.3 is 6.09 Å². The summed E-state index contributed by atoms with van der Waals surface area (Å²) in [5.74, 6) is 0.368. The molecule has 6 rings (SSSR count). The summed E-state index contributed by atoms with van der Waals surface area (Å²) in [5.41, 5.74) is 6.00.